The van der Waals surface area contributed by atoms with E-state index in [0.29, 0.717) is 30.4 Å². The maximum Gasteiger partial charge on any atom is 0.410 e. The van der Waals surface area contributed by atoms with E-state index in [1.807, 2.05) is 67.9 Å². The molecule has 1 N–H and O–H groups in total. The standard InChI is InChI=1S/C23H30ClN3O3/c1-23(2,3)30-22(29)26-15-11-19(12-16-26)27-14-4-5-20(27)21(28)25-13-10-17-6-8-18(24)9-7-17/h4-9,14,19H,10-13,15-16H2,1-3H3,(H,25,28). The van der Waals surface area contributed by atoms with Gasteiger partial charge in [0.05, 0.1) is 0 Å². The normalized spacial score (nSPS) is 15.1. The number of nitrogens with zero attached hydrogens (tertiary/aromatic N) is 2. The molecule has 30 heavy (non-hydrogen) atoms. The number of piperidine rings is 1. The third-order valence-corrected chi connectivity index (χ3v) is 5.39. The molecule has 2 amide bonds. The zero-order chi connectivity index (χ0) is 21.7. The summed E-state index contributed by atoms with van der Waals surface area (Å²) in [4.78, 5) is 26.7. The van der Waals surface area contributed by atoms with Crippen LogP contribution in [0.15, 0.2) is 42.6 Å². The van der Waals surface area contributed by atoms with Gasteiger partial charge in [-0.2, -0.15) is 0 Å². The summed E-state index contributed by atoms with van der Waals surface area (Å²) >= 11 is 5.91. The van der Waals surface area contributed by atoms with Crippen LogP contribution in [0.5, 0.6) is 0 Å². The predicted molar refractivity (Wildman–Crippen MR) is 118 cm³/mol. The van der Waals surface area contributed by atoms with E-state index in [1.165, 1.54) is 0 Å². The molecule has 1 aromatic carbocycles. The number of amides is 2. The van der Waals surface area contributed by atoms with E-state index in [-0.39, 0.29) is 18.0 Å². The van der Waals surface area contributed by atoms with E-state index < -0.39 is 5.60 Å². The molecule has 6 nitrogen and oxygen atoms in total. The van der Waals surface area contributed by atoms with Crippen molar-refractivity contribution in [1.82, 2.24) is 14.8 Å². The van der Waals surface area contributed by atoms with Crippen molar-refractivity contribution in [3.63, 3.8) is 0 Å². The third kappa shape index (κ3) is 6.02. The third-order valence-electron chi connectivity index (χ3n) is 5.13. The fourth-order valence-corrected chi connectivity index (χ4v) is 3.75. The first-order chi connectivity index (χ1) is 14.2. The lowest BCUT2D eigenvalue weighted by molar-refractivity contribution is 0.0187. The van der Waals surface area contributed by atoms with Crippen molar-refractivity contribution in [2.24, 2.45) is 0 Å². The average Bonchev–Trinajstić information content (AvgIpc) is 3.18. The summed E-state index contributed by atoms with van der Waals surface area (Å²) in [6.45, 7) is 7.41. The van der Waals surface area contributed by atoms with Gasteiger partial charge in [-0.15, -0.1) is 0 Å². The largest absolute Gasteiger partial charge is 0.444 e. The number of carbonyl (C=O) groups excluding carboxylic acids is 2. The van der Waals surface area contributed by atoms with Crippen molar-refractivity contribution in [3.8, 4) is 0 Å². The summed E-state index contributed by atoms with van der Waals surface area (Å²) in [6, 6.07) is 11.6. The highest BCUT2D eigenvalue weighted by atomic mass is 35.5. The predicted octanol–water partition coefficient (Wildman–Crippen LogP) is 4.69. The number of halogens is 1. The van der Waals surface area contributed by atoms with Crippen molar-refractivity contribution < 1.29 is 14.3 Å². The lowest BCUT2D eigenvalue weighted by Gasteiger charge is -2.34. The van der Waals surface area contributed by atoms with E-state index >= 15 is 0 Å². The second-order valence-electron chi connectivity index (χ2n) is 8.63. The van der Waals surface area contributed by atoms with Crippen molar-refractivity contribution >= 4 is 23.6 Å². The Balaban J connectivity index is 1.52. The number of hydrogen-bond donors (Lipinski definition) is 1. The van der Waals surface area contributed by atoms with Crippen LogP contribution in [0.4, 0.5) is 4.79 Å². The molecule has 162 valence electrons. The van der Waals surface area contributed by atoms with Gasteiger partial charge in [0.15, 0.2) is 0 Å². The molecule has 3 rings (SSSR count). The number of carbonyl (C=O) groups is 2. The van der Waals surface area contributed by atoms with E-state index in [4.69, 9.17) is 16.3 Å². The lowest BCUT2D eigenvalue weighted by atomic mass is 10.0. The Morgan fingerprint density at radius 1 is 1.13 bits per heavy atom. The van der Waals surface area contributed by atoms with E-state index in [2.05, 4.69) is 5.32 Å². The maximum atomic E-state index is 12.7. The molecule has 1 fully saturated rings. The smallest absolute Gasteiger partial charge is 0.410 e. The van der Waals surface area contributed by atoms with Gasteiger partial charge in [0.1, 0.15) is 11.3 Å². The van der Waals surface area contributed by atoms with E-state index in [0.717, 1.165) is 24.8 Å². The van der Waals surface area contributed by atoms with Crippen LogP contribution in [0.1, 0.15) is 55.7 Å². The zero-order valence-corrected chi connectivity index (χ0v) is 18.6. The Morgan fingerprint density at radius 2 is 1.80 bits per heavy atom. The Morgan fingerprint density at radius 3 is 2.43 bits per heavy atom. The van der Waals surface area contributed by atoms with Gasteiger partial charge in [-0.05, 0) is 69.9 Å². The monoisotopic (exact) mass is 431 g/mol. The molecule has 0 aliphatic carbocycles. The maximum absolute atomic E-state index is 12.7. The molecule has 0 atom stereocenters. The number of benzene rings is 1. The first-order valence-electron chi connectivity index (χ1n) is 10.4. The first-order valence-corrected chi connectivity index (χ1v) is 10.8. The zero-order valence-electron chi connectivity index (χ0n) is 17.9. The van der Waals surface area contributed by atoms with Gasteiger partial charge in [0, 0.05) is 36.9 Å². The minimum atomic E-state index is -0.494. The molecular formula is C23H30ClN3O3. The van der Waals surface area contributed by atoms with Crippen LogP contribution in [0, 0.1) is 0 Å². The van der Waals surface area contributed by atoms with Crippen LogP contribution in [0.2, 0.25) is 5.02 Å². The second-order valence-corrected chi connectivity index (χ2v) is 9.07. The van der Waals surface area contributed by atoms with Crippen molar-refractivity contribution in [2.75, 3.05) is 19.6 Å². The van der Waals surface area contributed by atoms with Gasteiger partial charge < -0.3 is 19.5 Å². The van der Waals surface area contributed by atoms with Gasteiger partial charge in [0.25, 0.3) is 5.91 Å². The molecular weight excluding hydrogens is 402 g/mol. The van der Waals surface area contributed by atoms with Crippen molar-refractivity contribution in [1.29, 1.82) is 0 Å². The average molecular weight is 432 g/mol. The molecule has 0 bridgehead atoms. The summed E-state index contributed by atoms with van der Waals surface area (Å²) in [5.41, 5.74) is 1.29. The van der Waals surface area contributed by atoms with Gasteiger partial charge >= 0.3 is 6.09 Å². The molecule has 1 saturated heterocycles. The molecule has 2 aromatic rings. The lowest BCUT2D eigenvalue weighted by Crippen LogP contribution is -2.42. The van der Waals surface area contributed by atoms with Crippen LogP contribution < -0.4 is 5.32 Å². The van der Waals surface area contributed by atoms with Crippen LogP contribution in [0.3, 0.4) is 0 Å². The molecule has 0 saturated carbocycles. The second kappa shape index (κ2) is 9.56. The number of rotatable bonds is 5. The fraction of sp³-hybridized carbons (Fsp3) is 0.478. The van der Waals surface area contributed by atoms with Gasteiger partial charge in [-0.25, -0.2) is 4.79 Å². The highest BCUT2D eigenvalue weighted by Gasteiger charge is 2.28. The number of hydrogen-bond acceptors (Lipinski definition) is 3. The molecule has 1 aliphatic rings. The molecule has 0 radical (unpaired) electrons. The highest BCUT2D eigenvalue weighted by Crippen LogP contribution is 2.25. The molecule has 0 unspecified atom stereocenters. The number of aromatic nitrogens is 1. The molecule has 7 heteroatoms. The van der Waals surface area contributed by atoms with Crippen LogP contribution >= 0.6 is 11.6 Å². The Labute approximate surface area is 183 Å². The molecule has 0 spiro atoms. The van der Waals surface area contributed by atoms with Crippen molar-refractivity contribution in [3.05, 3.63) is 58.9 Å². The summed E-state index contributed by atoms with van der Waals surface area (Å²) in [7, 11) is 0. The SMILES string of the molecule is CC(C)(C)OC(=O)N1CCC(n2cccc2C(=O)NCCc2ccc(Cl)cc2)CC1. The minimum absolute atomic E-state index is 0.0801. The Hall–Kier alpha value is -2.47. The fourth-order valence-electron chi connectivity index (χ4n) is 3.62. The quantitative estimate of drug-likeness (QED) is 0.747. The number of nitrogens with one attached hydrogen (secondary N) is 1. The van der Waals surface area contributed by atoms with E-state index in [1.54, 1.807) is 4.90 Å². The van der Waals surface area contributed by atoms with Crippen LogP contribution in [-0.4, -0.2) is 46.7 Å². The number of ether oxygens (including phenoxy) is 1. The summed E-state index contributed by atoms with van der Waals surface area (Å²) < 4.78 is 7.49. The van der Waals surface area contributed by atoms with Gasteiger partial charge in [-0.1, -0.05) is 23.7 Å². The topological polar surface area (TPSA) is 63.6 Å². The molecule has 2 heterocycles. The highest BCUT2D eigenvalue weighted by molar-refractivity contribution is 6.30. The van der Waals surface area contributed by atoms with Gasteiger partial charge in [0.2, 0.25) is 0 Å². The van der Waals surface area contributed by atoms with E-state index in [9.17, 15) is 9.59 Å². The van der Waals surface area contributed by atoms with Crippen LogP contribution in [0.25, 0.3) is 0 Å². The first kappa shape index (κ1) is 22.2. The minimum Gasteiger partial charge on any atom is -0.444 e. The van der Waals surface area contributed by atoms with Gasteiger partial charge in [-0.3, -0.25) is 4.79 Å². The Bertz CT molecular complexity index is 863. The van der Waals surface area contributed by atoms with Crippen molar-refractivity contribution in [2.45, 2.75) is 51.7 Å². The molecule has 1 aliphatic heterocycles. The summed E-state index contributed by atoms with van der Waals surface area (Å²) in [5.74, 6) is -0.0801. The summed E-state index contributed by atoms with van der Waals surface area (Å²) in [6.07, 6.45) is 4.01. The number of likely N-dealkylation sites (tertiary alicyclic amines) is 1. The molecule has 1 aromatic heterocycles. The van der Waals surface area contributed by atoms with Crippen LogP contribution in [-0.2, 0) is 11.2 Å². The Kier molecular flexibility index (Phi) is 7.08. The summed E-state index contributed by atoms with van der Waals surface area (Å²) in [5, 5.41) is 3.71.